The molecule has 118 valence electrons. The van der Waals surface area contributed by atoms with E-state index in [1.54, 1.807) is 7.11 Å². The zero-order chi connectivity index (χ0) is 15.8. The van der Waals surface area contributed by atoms with E-state index in [2.05, 4.69) is 41.3 Å². The Kier molecular flexibility index (Phi) is 3.56. The molecule has 2 aromatic rings. The average Bonchev–Trinajstić information content (AvgIpc) is 2.62. The normalized spacial score (nSPS) is 26.4. The van der Waals surface area contributed by atoms with Crippen molar-refractivity contribution >= 4 is 11.5 Å². The van der Waals surface area contributed by atoms with Gasteiger partial charge in [0.2, 0.25) is 0 Å². The van der Waals surface area contributed by atoms with Crippen LogP contribution in [0.25, 0.3) is 0 Å². The summed E-state index contributed by atoms with van der Waals surface area (Å²) in [6.07, 6.45) is 2.79. The fraction of sp³-hybridized carbons (Fsp3) is 0.350. The van der Waals surface area contributed by atoms with E-state index in [1.165, 1.54) is 11.3 Å². The van der Waals surface area contributed by atoms with E-state index in [0.29, 0.717) is 18.2 Å². The Bertz CT molecular complexity index is 695. The molecule has 1 aliphatic carbocycles. The predicted octanol–water partition coefficient (Wildman–Crippen LogP) is 3.99. The number of carbonyl (C=O) groups excluding carboxylic acids is 1. The molecule has 3 nitrogen and oxygen atoms in total. The molecule has 1 saturated carbocycles. The maximum absolute atomic E-state index is 12.5. The van der Waals surface area contributed by atoms with Gasteiger partial charge in [0, 0.05) is 24.1 Å². The van der Waals surface area contributed by atoms with E-state index in [0.717, 1.165) is 18.6 Å². The second kappa shape index (κ2) is 5.73. The highest BCUT2D eigenvalue weighted by molar-refractivity contribution is 5.86. The number of anilines is 1. The number of methoxy groups -OCH3 is 1. The summed E-state index contributed by atoms with van der Waals surface area (Å²) >= 11 is 0. The third-order valence-electron chi connectivity index (χ3n) is 5.25. The summed E-state index contributed by atoms with van der Waals surface area (Å²) in [7, 11) is 1.68. The van der Waals surface area contributed by atoms with Gasteiger partial charge in [0.15, 0.2) is 0 Å². The van der Waals surface area contributed by atoms with Crippen LogP contribution in [0.4, 0.5) is 5.69 Å². The summed E-state index contributed by atoms with van der Waals surface area (Å²) in [6, 6.07) is 19.1. The predicted molar refractivity (Wildman–Crippen MR) is 90.8 cm³/mol. The Labute approximate surface area is 136 Å². The highest BCUT2D eigenvalue weighted by Crippen LogP contribution is 2.47. The largest absolute Gasteiger partial charge is 0.497 e. The molecule has 0 N–H and O–H groups in total. The first-order valence-electron chi connectivity index (χ1n) is 8.28. The van der Waals surface area contributed by atoms with Gasteiger partial charge in [-0.15, -0.1) is 0 Å². The zero-order valence-corrected chi connectivity index (χ0v) is 13.3. The zero-order valence-electron chi connectivity index (χ0n) is 13.3. The minimum atomic E-state index is 0.115. The molecule has 2 heterocycles. The first-order valence-corrected chi connectivity index (χ1v) is 8.28. The first-order chi connectivity index (χ1) is 11.3. The number of hydrogen-bond donors (Lipinski definition) is 0. The molecule has 0 spiro atoms. The maximum Gasteiger partial charge on any atom is 0.140 e. The molecule has 0 unspecified atom stereocenters. The third kappa shape index (κ3) is 2.40. The number of carbonyl (C=O) groups is 1. The Morgan fingerprint density at radius 1 is 1.00 bits per heavy atom. The van der Waals surface area contributed by atoms with Crippen molar-refractivity contribution in [2.45, 2.75) is 31.3 Å². The number of benzene rings is 2. The van der Waals surface area contributed by atoms with E-state index in [-0.39, 0.29) is 12.0 Å². The van der Waals surface area contributed by atoms with Crippen LogP contribution in [-0.4, -0.2) is 18.9 Å². The van der Waals surface area contributed by atoms with Crippen LogP contribution in [0.15, 0.2) is 54.6 Å². The molecule has 0 amide bonds. The molecule has 3 atom stereocenters. The van der Waals surface area contributed by atoms with Crippen LogP contribution in [0.3, 0.4) is 0 Å². The molecule has 2 aromatic carbocycles. The molecule has 0 radical (unpaired) electrons. The summed E-state index contributed by atoms with van der Waals surface area (Å²) in [5.41, 5.74) is 2.42. The lowest BCUT2D eigenvalue weighted by Gasteiger charge is -2.52. The third-order valence-corrected chi connectivity index (χ3v) is 5.25. The summed E-state index contributed by atoms with van der Waals surface area (Å²) < 4.78 is 5.27. The van der Waals surface area contributed by atoms with E-state index >= 15 is 0 Å². The van der Waals surface area contributed by atoms with Crippen molar-refractivity contribution in [1.82, 2.24) is 0 Å². The van der Waals surface area contributed by atoms with Crippen molar-refractivity contribution in [2.75, 3.05) is 12.0 Å². The van der Waals surface area contributed by atoms with Gasteiger partial charge in [-0.25, -0.2) is 0 Å². The summed E-state index contributed by atoms with van der Waals surface area (Å²) in [6.45, 7) is 0. The van der Waals surface area contributed by atoms with E-state index < -0.39 is 0 Å². The SMILES string of the molecule is COc1ccc(N2[C@H]3CC[C@H](C(=O)C3)[C@H]2c2ccccc2)cc1. The van der Waals surface area contributed by atoms with Crippen LogP contribution >= 0.6 is 0 Å². The van der Waals surface area contributed by atoms with Gasteiger partial charge in [0.25, 0.3) is 0 Å². The van der Waals surface area contributed by atoms with Gasteiger partial charge in [0.05, 0.1) is 13.2 Å². The van der Waals surface area contributed by atoms with Gasteiger partial charge < -0.3 is 9.64 Å². The number of rotatable bonds is 3. The average molecular weight is 307 g/mol. The van der Waals surface area contributed by atoms with Crippen LogP contribution in [0, 0.1) is 5.92 Å². The smallest absolute Gasteiger partial charge is 0.140 e. The van der Waals surface area contributed by atoms with Crippen molar-refractivity contribution in [3.05, 3.63) is 60.2 Å². The second-order valence-electron chi connectivity index (χ2n) is 6.47. The van der Waals surface area contributed by atoms with Crippen LogP contribution in [0.2, 0.25) is 0 Å². The number of Topliss-reactive ketones (excluding diaryl/α,β-unsaturated/α-hetero) is 1. The number of fused-ring (bicyclic) bond motifs is 3. The summed E-state index contributed by atoms with van der Waals surface area (Å²) in [5.74, 6) is 1.41. The minimum Gasteiger partial charge on any atom is -0.497 e. The minimum absolute atomic E-state index is 0.115. The number of ether oxygens (including phenoxy) is 1. The van der Waals surface area contributed by atoms with Crippen LogP contribution in [0.5, 0.6) is 5.75 Å². The van der Waals surface area contributed by atoms with Crippen LogP contribution in [-0.2, 0) is 4.79 Å². The van der Waals surface area contributed by atoms with Crippen LogP contribution in [0.1, 0.15) is 30.9 Å². The van der Waals surface area contributed by atoms with Crippen molar-refractivity contribution in [3.63, 3.8) is 0 Å². The van der Waals surface area contributed by atoms with Crippen molar-refractivity contribution in [3.8, 4) is 5.75 Å². The highest BCUT2D eigenvalue weighted by Gasteiger charge is 2.47. The Morgan fingerprint density at radius 2 is 1.74 bits per heavy atom. The molecular formula is C20H21NO2. The van der Waals surface area contributed by atoms with Crippen molar-refractivity contribution < 1.29 is 9.53 Å². The van der Waals surface area contributed by atoms with E-state index in [4.69, 9.17) is 4.74 Å². The molecule has 23 heavy (non-hydrogen) atoms. The number of hydrogen-bond acceptors (Lipinski definition) is 3. The van der Waals surface area contributed by atoms with Gasteiger partial charge in [0.1, 0.15) is 11.5 Å². The Hall–Kier alpha value is -2.29. The summed E-state index contributed by atoms with van der Waals surface area (Å²) in [4.78, 5) is 14.9. The van der Waals surface area contributed by atoms with Gasteiger partial charge >= 0.3 is 0 Å². The topological polar surface area (TPSA) is 29.5 Å². The van der Waals surface area contributed by atoms with Crippen molar-refractivity contribution in [2.24, 2.45) is 5.92 Å². The fourth-order valence-corrected chi connectivity index (χ4v) is 4.18. The van der Waals surface area contributed by atoms with Crippen LogP contribution < -0.4 is 9.64 Å². The lowest BCUT2D eigenvalue weighted by atomic mass is 9.71. The maximum atomic E-state index is 12.5. The monoisotopic (exact) mass is 307 g/mol. The molecule has 5 rings (SSSR count). The molecule has 3 aliphatic rings. The molecule has 3 fully saturated rings. The second-order valence-corrected chi connectivity index (χ2v) is 6.47. The highest BCUT2D eigenvalue weighted by atomic mass is 16.5. The van der Waals surface area contributed by atoms with Gasteiger partial charge in [-0.05, 0) is 42.7 Å². The summed E-state index contributed by atoms with van der Waals surface area (Å²) in [5, 5.41) is 0. The Morgan fingerprint density at radius 3 is 2.39 bits per heavy atom. The number of ketones is 1. The van der Waals surface area contributed by atoms with Gasteiger partial charge in [-0.3, -0.25) is 4.79 Å². The van der Waals surface area contributed by atoms with E-state index in [9.17, 15) is 4.79 Å². The van der Waals surface area contributed by atoms with E-state index in [1.807, 2.05) is 18.2 Å². The molecule has 3 heteroatoms. The molecule has 0 aromatic heterocycles. The lowest BCUT2D eigenvalue weighted by Crippen LogP contribution is -2.54. The van der Waals surface area contributed by atoms with Gasteiger partial charge in [-0.2, -0.15) is 0 Å². The number of piperidine rings is 2. The molecular weight excluding hydrogens is 286 g/mol. The molecule has 2 bridgehead atoms. The van der Waals surface area contributed by atoms with Gasteiger partial charge in [-0.1, -0.05) is 30.3 Å². The molecule has 2 saturated heterocycles. The van der Waals surface area contributed by atoms with Crippen molar-refractivity contribution in [1.29, 1.82) is 0 Å². The standard InChI is InChI=1S/C20H21NO2/c1-23-17-10-7-15(8-11-17)21-16-9-12-18(19(22)13-16)20(21)14-5-3-2-4-6-14/h2-8,10-11,16,18,20H,9,12-13H2,1H3/t16-,18+,20+/m0/s1. The number of nitrogens with zero attached hydrogens (tertiary/aromatic N) is 1. The quantitative estimate of drug-likeness (QED) is 0.858. The lowest BCUT2D eigenvalue weighted by molar-refractivity contribution is -0.128. The fourth-order valence-electron chi connectivity index (χ4n) is 4.18. The molecule has 2 aliphatic heterocycles. The Balaban J connectivity index is 1.76. The first kappa shape index (κ1) is 14.3.